The molecule has 0 radical (unpaired) electrons. The lowest BCUT2D eigenvalue weighted by Crippen LogP contribution is -2.05. The standard InChI is InChI=1S/C23H19ClN2O3S/c1-15-6-12-20(13-7-15)30(27,28)23-22(25-19-10-8-18(24)9-11-19)29-21(26-23)17-5-3-4-16(2)14-17/h3-14,25H,1-2H3. The van der Waals surface area contributed by atoms with Crippen molar-refractivity contribution in [3.05, 3.63) is 88.9 Å². The number of sulfone groups is 1. The summed E-state index contributed by atoms with van der Waals surface area (Å²) in [6, 6.07) is 21.0. The molecule has 0 amide bonds. The van der Waals surface area contributed by atoms with Crippen LogP contribution in [0.15, 0.2) is 87.1 Å². The number of halogens is 1. The van der Waals surface area contributed by atoms with Crippen molar-refractivity contribution in [2.24, 2.45) is 0 Å². The van der Waals surface area contributed by atoms with Crippen molar-refractivity contribution >= 4 is 33.0 Å². The lowest BCUT2D eigenvalue weighted by Gasteiger charge is -2.06. The zero-order valence-corrected chi connectivity index (χ0v) is 18.0. The van der Waals surface area contributed by atoms with E-state index in [9.17, 15) is 8.42 Å². The highest BCUT2D eigenvalue weighted by atomic mass is 35.5. The van der Waals surface area contributed by atoms with Gasteiger partial charge in [-0.2, -0.15) is 4.98 Å². The van der Waals surface area contributed by atoms with Gasteiger partial charge in [-0.1, -0.05) is 47.0 Å². The second kappa shape index (κ2) is 7.97. The molecule has 30 heavy (non-hydrogen) atoms. The van der Waals surface area contributed by atoms with E-state index < -0.39 is 9.84 Å². The highest BCUT2D eigenvalue weighted by molar-refractivity contribution is 7.91. The summed E-state index contributed by atoms with van der Waals surface area (Å²) in [5.74, 6) is 0.273. The predicted molar refractivity (Wildman–Crippen MR) is 118 cm³/mol. The number of oxazole rings is 1. The minimum absolute atomic E-state index is 0.0504. The van der Waals surface area contributed by atoms with E-state index in [-0.39, 0.29) is 21.7 Å². The Balaban J connectivity index is 1.84. The van der Waals surface area contributed by atoms with E-state index in [2.05, 4.69) is 10.3 Å². The molecule has 0 aliphatic heterocycles. The van der Waals surface area contributed by atoms with E-state index in [0.29, 0.717) is 16.3 Å². The number of aromatic nitrogens is 1. The fraction of sp³-hybridized carbons (Fsp3) is 0.0870. The maximum atomic E-state index is 13.3. The molecule has 4 aromatic rings. The van der Waals surface area contributed by atoms with Gasteiger partial charge < -0.3 is 9.73 Å². The van der Waals surface area contributed by atoms with Crippen molar-refractivity contribution < 1.29 is 12.8 Å². The molecule has 4 rings (SSSR count). The summed E-state index contributed by atoms with van der Waals surface area (Å²) in [7, 11) is -3.91. The summed E-state index contributed by atoms with van der Waals surface area (Å²) in [6.07, 6.45) is 0. The Labute approximate surface area is 180 Å². The number of nitrogens with zero attached hydrogens (tertiary/aromatic N) is 1. The van der Waals surface area contributed by atoms with Gasteiger partial charge in [0.15, 0.2) is 0 Å². The second-order valence-corrected chi connectivity index (χ2v) is 9.27. The van der Waals surface area contributed by atoms with Crippen LogP contribution < -0.4 is 5.32 Å². The van der Waals surface area contributed by atoms with Gasteiger partial charge >= 0.3 is 0 Å². The summed E-state index contributed by atoms with van der Waals surface area (Å²) in [6.45, 7) is 3.85. The maximum Gasteiger partial charge on any atom is 0.238 e. The molecule has 0 saturated heterocycles. The van der Waals surface area contributed by atoms with Gasteiger partial charge in [0.25, 0.3) is 0 Å². The lowest BCUT2D eigenvalue weighted by atomic mass is 10.1. The SMILES string of the molecule is Cc1ccc(S(=O)(=O)c2nc(-c3cccc(C)c3)oc2Nc2ccc(Cl)cc2)cc1. The van der Waals surface area contributed by atoms with Gasteiger partial charge in [0, 0.05) is 16.3 Å². The molecule has 1 N–H and O–H groups in total. The number of anilines is 2. The Morgan fingerprint density at radius 1 is 0.900 bits per heavy atom. The summed E-state index contributed by atoms with van der Waals surface area (Å²) >= 11 is 5.95. The average molecular weight is 439 g/mol. The Kier molecular flexibility index (Phi) is 5.37. The van der Waals surface area contributed by atoms with Crippen LogP contribution in [0.1, 0.15) is 11.1 Å². The number of hydrogen-bond acceptors (Lipinski definition) is 5. The first-order chi connectivity index (χ1) is 14.3. The summed E-state index contributed by atoms with van der Waals surface area (Å²) in [4.78, 5) is 4.51. The molecule has 152 valence electrons. The van der Waals surface area contributed by atoms with E-state index >= 15 is 0 Å². The third kappa shape index (κ3) is 4.10. The van der Waals surface area contributed by atoms with Crippen LogP contribution in [0.5, 0.6) is 0 Å². The van der Waals surface area contributed by atoms with Crippen molar-refractivity contribution in [2.45, 2.75) is 23.8 Å². The smallest absolute Gasteiger partial charge is 0.238 e. The first-order valence-electron chi connectivity index (χ1n) is 9.25. The summed E-state index contributed by atoms with van der Waals surface area (Å²) < 4.78 is 32.6. The number of benzene rings is 3. The normalized spacial score (nSPS) is 11.4. The van der Waals surface area contributed by atoms with Gasteiger partial charge in [-0.15, -0.1) is 0 Å². The first kappa shape index (κ1) is 20.2. The molecule has 0 aliphatic rings. The molecular weight excluding hydrogens is 420 g/mol. The van der Waals surface area contributed by atoms with Gasteiger partial charge in [-0.25, -0.2) is 8.42 Å². The number of nitrogens with one attached hydrogen (secondary N) is 1. The van der Waals surface area contributed by atoms with Gasteiger partial charge in [-0.05, 0) is 62.4 Å². The molecule has 5 nitrogen and oxygen atoms in total. The second-order valence-electron chi connectivity index (χ2n) is 6.97. The van der Waals surface area contributed by atoms with Crippen LogP contribution in [0.3, 0.4) is 0 Å². The van der Waals surface area contributed by atoms with Crippen molar-refractivity contribution in [1.82, 2.24) is 4.98 Å². The molecule has 3 aromatic carbocycles. The third-order valence-electron chi connectivity index (χ3n) is 4.55. The fourth-order valence-electron chi connectivity index (χ4n) is 2.96. The molecule has 1 heterocycles. The topological polar surface area (TPSA) is 72.2 Å². The molecule has 7 heteroatoms. The van der Waals surface area contributed by atoms with E-state index in [1.165, 1.54) is 0 Å². The molecule has 0 bridgehead atoms. The Morgan fingerprint density at radius 3 is 2.27 bits per heavy atom. The van der Waals surface area contributed by atoms with Crippen LogP contribution in [0, 0.1) is 13.8 Å². The molecule has 0 unspecified atom stereocenters. The predicted octanol–water partition coefficient (Wildman–Crippen LogP) is 6.19. The van der Waals surface area contributed by atoms with Crippen LogP contribution in [0.25, 0.3) is 11.5 Å². The minimum Gasteiger partial charge on any atom is -0.419 e. The van der Waals surface area contributed by atoms with Crippen molar-refractivity contribution in [3.8, 4) is 11.5 Å². The van der Waals surface area contributed by atoms with Crippen molar-refractivity contribution in [3.63, 3.8) is 0 Å². The van der Waals surface area contributed by atoms with Gasteiger partial charge in [-0.3, -0.25) is 0 Å². The fourth-order valence-corrected chi connectivity index (χ4v) is 4.35. The number of hydrogen-bond donors (Lipinski definition) is 1. The van der Waals surface area contributed by atoms with E-state index in [4.69, 9.17) is 16.0 Å². The largest absolute Gasteiger partial charge is 0.419 e. The van der Waals surface area contributed by atoms with E-state index in [1.807, 2.05) is 38.1 Å². The Hall–Kier alpha value is -3.09. The zero-order valence-electron chi connectivity index (χ0n) is 16.4. The molecule has 0 spiro atoms. The minimum atomic E-state index is -3.91. The Bertz CT molecular complexity index is 1300. The van der Waals surface area contributed by atoms with E-state index in [0.717, 1.165) is 11.1 Å². The van der Waals surface area contributed by atoms with Crippen LogP contribution in [0.2, 0.25) is 5.02 Å². The molecule has 1 aromatic heterocycles. The zero-order chi connectivity index (χ0) is 21.3. The molecule has 0 atom stereocenters. The van der Waals surface area contributed by atoms with Crippen LogP contribution in [0.4, 0.5) is 11.6 Å². The quantitative estimate of drug-likeness (QED) is 0.402. The number of rotatable bonds is 5. The highest BCUT2D eigenvalue weighted by Gasteiger charge is 2.28. The van der Waals surface area contributed by atoms with Crippen LogP contribution >= 0.6 is 11.6 Å². The Morgan fingerprint density at radius 2 is 1.60 bits per heavy atom. The van der Waals surface area contributed by atoms with Crippen LogP contribution in [-0.4, -0.2) is 13.4 Å². The summed E-state index contributed by atoms with van der Waals surface area (Å²) in [5.41, 5.74) is 3.31. The van der Waals surface area contributed by atoms with Gasteiger partial charge in [0.2, 0.25) is 26.6 Å². The maximum absolute atomic E-state index is 13.3. The summed E-state index contributed by atoms with van der Waals surface area (Å²) in [5, 5.41) is 3.43. The van der Waals surface area contributed by atoms with Gasteiger partial charge in [0.1, 0.15) is 0 Å². The van der Waals surface area contributed by atoms with Crippen molar-refractivity contribution in [1.29, 1.82) is 0 Å². The molecule has 0 aliphatic carbocycles. The molecular formula is C23H19ClN2O3S. The van der Waals surface area contributed by atoms with Gasteiger partial charge in [0.05, 0.1) is 4.90 Å². The lowest BCUT2D eigenvalue weighted by molar-refractivity contribution is 0.582. The molecule has 0 fully saturated rings. The average Bonchev–Trinajstić information content (AvgIpc) is 3.15. The van der Waals surface area contributed by atoms with Crippen molar-refractivity contribution in [2.75, 3.05) is 5.32 Å². The van der Waals surface area contributed by atoms with Crippen LogP contribution in [-0.2, 0) is 9.84 Å². The number of aryl methyl sites for hydroxylation is 2. The third-order valence-corrected chi connectivity index (χ3v) is 6.48. The highest BCUT2D eigenvalue weighted by Crippen LogP contribution is 2.34. The van der Waals surface area contributed by atoms with E-state index in [1.54, 1.807) is 48.5 Å². The first-order valence-corrected chi connectivity index (χ1v) is 11.1. The monoisotopic (exact) mass is 438 g/mol. The molecule has 0 saturated carbocycles.